The van der Waals surface area contributed by atoms with Crippen LogP contribution in [-0.4, -0.2) is 58.3 Å². The molecule has 2 heterocycles. The lowest BCUT2D eigenvalue weighted by Crippen LogP contribution is -2.37. The van der Waals surface area contributed by atoms with Crippen LogP contribution in [0.5, 0.6) is 11.5 Å². The number of nitrogens with zero attached hydrogens (tertiary/aromatic N) is 3. The van der Waals surface area contributed by atoms with Crippen LogP contribution in [0, 0.1) is 5.92 Å². The summed E-state index contributed by atoms with van der Waals surface area (Å²) in [4.78, 5) is 11.0. The van der Waals surface area contributed by atoms with Crippen LogP contribution in [0.15, 0.2) is 43.8 Å². The fraction of sp³-hybridized carbons (Fsp3) is 0.455. The molecule has 0 bridgehead atoms. The molecule has 198 valence electrons. The third kappa shape index (κ3) is 7.73. The van der Waals surface area contributed by atoms with Gasteiger partial charge >= 0.3 is 7.82 Å². The third-order valence-corrected chi connectivity index (χ3v) is 7.54. The van der Waals surface area contributed by atoms with Crippen molar-refractivity contribution in [3.63, 3.8) is 0 Å². The van der Waals surface area contributed by atoms with Crippen molar-refractivity contribution < 1.29 is 31.3 Å². The average Bonchev–Trinajstić information content (AvgIpc) is 2.85. The van der Waals surface area contributed by atoms with Crippen molar-refractivity contribution >= 4 is 34.8 Å². The van der Waals surface area contributed by atoms with Gasteiger partial charge in [-0.3, -0.25) is 9.05 Å². The third-order valence-electron chi connectivity index (χ3n) is 5.58. The number of fused-ring (bicyclic) bond motifs is 1. The minimum absolute atomic E-state index is 0.0413. The van der Waals surface area contributed by atoms with Crippen LogP contribution in [0.4, 0.5) is 5.82 Å². The van der Waals surface area contributed by atoms with Gasteiger partial charge in [0.2, 0.25) is 0 Å². The number of rotatable bonds is 14. The molecular formula is C22H32N5O7PS. The molecule has 3 rings (SSSR count). The van der Waals surface area contributed by atoms with Crippen LogP contribution >= 0.6 is 7.82 Å². The zero-order valence-corrected chi connectivity index (χ0v) is 21.9. The molecule has 0 radical (unpaired) electrons. The fourth-order valence-electron chi connectivity index (χ4n) is 3.87. The summed E-state index contributed by atoms with van der Waals surface area (Å²) in [6.07, 6.45) is 6.77. The van der Waals surface area contributed by atoms with Crippen LogP contribution in [0.2, 0.25) is 0 Å². The van der Waals surface area contributed by atoms with Crippen molar-refractivity contribution in [2.45, 2.75) is 19.3 Å². The standard InChI is InChI=1S/C22H32N5O7PS/c1-4-12-32-35(28,33-13-5-2)34-21-14-18-19(15-20(21)31-3)24-16-25-22(18)27-10-7-17(8-11-27)6-9-26-36(23,29)30/h4-5,14-17,26H,1-2,6-13H2,3H3,(H2,23,29,30). The van der Waals surface area contributed by atoms with Crippen molar-refractivity contribution in [2.75, 3.05) is 44.9 Å². The zero-order chi connectivity index (χ0) is 26.2. The lowest BCUT2D eigenvalue weighted by Gasteiger charge is -2.33. The topological polar surface area (TPSA) is 155 Å². The maximum absolute atomic E-state index is 13.2. The summed E-state index contributed by atoms with van der Waals surface area (Å²) < 4.78 is 59.4. The molecule has 1 saturated heterocycles. The highest BCUT2D eigenvalue weighted by molar-refractivity contribution is 7.87. The first-order valence-corrected chi connectivity index (χ1v) is 14.3. The number of hydrogen-bond donors (Lipinski definition) is 2. The van der Waals surface area contributed by atoms with Gasteiger partial charge in [-0.15, -0.1) is 13.2 Å². The Labute approximate surface area is 211 Å². The van der Waals surface area contributed by atoms with Crippen molar-refractivity contribution in [3.8, 4) is 11.5 Å². The number of nitrogens with two attached hydrogens (primary N) is 1. The first-order valence-electron chi connectivity index (χ1n) is 11.3. The molecule has 1 aliphatic heterocycles. The van der Waals surface area contributed by atoms with Gasteiger partial charge < -0.3 is 14.2 Å². The lowest BCUT2D eigenvalue weighted by molar-refractivity contribution is 0.179. The summed E-state index contributed by atoms with van der Waals surface area (Å²) in [5, 5.41) is 5.68. The predicted octanol–water partition coefficient (Wildman–Crippen LogP) is 2.93. The molecule has 14 heteroatoms. The molecule has 12 nitrogen and oxygen atoms in total. The number of aromatic nitrogens is 2. The number of piperidine rings is 1. The van der Waals surface area contributed by atoms with Crippen molar-refractivity contribution in [1.29, 1.82) is 0 Å². The first kappa shape index (κ1) is 28.0. The average molecular weight is 542 g/mol. The van der Waals surface area contributed by atoms with E-state index in [0.717, 1.165) is 25.9 Å². The van der Waals surface area contributed by atoms with Gasteiger partial charge in [0.05, 0.1) is 25.8 Å². The molecule has 3 N–H and O–H groups in total. The second-order valence-corrected chi connectivity index (χ2v) is 11.1. The van der Waals surface area contributed by atoms with Gasteiger partial charge in [-0.1, -0.05) is 12.2 Å². The minimum Gasteiger partial charge on any atom is -0.493 e. The Morgan fingerprint density at radius 2 is 1.83 bits per heavy atom. The number of phosphoric acid groups is 1. The SMILES string of the molecule is C=CCOP(=O)(OCC=C)Oc1cc2c(N3CCC(CCNS(N)(=O)=O)CC3)ncnc2cc1OC. The molecule has 2 aromatic rings. The Bertz CT molecular complexity index is 1200. The highest BCUT2D eigenvalue weighted by Gasteiger charge is 2.30. The number of phosphoric ester groups is 1. The molecule has 1 aromatic heterocycles. The quantitative estimate of drug-likeness (QED) is 0.269. The molecule has 0 saturated carbocycles. The molecule has 0 aliphatic carbocycles. The first-order chi connectivity index (χ1) is 17.2. The van der Waals surface area contributed by atoms with Gasteiger partial charge in [-0.2, -0.15) is 8.42 Å². The maximum atomic E-state index is 13.2. The number of benzene rings is 1. The smallest absolute Gasteiger partial charge is 0.493 e. The number of nitrogens with one attached hydrogen (secondary N) is 1. The molecule has 0 amide bonds. The van der Waals surface area contributed by atoms with Crippen molar-refractivity contribution in [3.05, 3.63) is 43.8 Å². The van der Waals surface area contributed by atoms with Crippen LogP contribution < -0.4 is 24.0 Å². The molecule has 0 unspecified atom stereocenters. The summed E-state index contributed by atoms with van der Waals surface area (Å²) in [5.74, 6) is 1.51. The van der Waals surface area contributed by atoms with E-state index in [-0.39, 0.29) is 19.0 Å². The van der Waals surface area contributed by atoms with E-state index in [1.54, 1.807) is 12.1 Å². The fourth-order valence-corrected chi connectivity index (χ4v) is 5.41. The minimum atomic E-state index is -4.01. The van der Waals surface area contributed by atoms with Crippen LogP contribution in [0.25, 0.3) is 10.9 Å². The molecule has 1 aliphatic rings. The monoisotopic (exact) mass is 541 g/mol. The van der Waals surface area contributed by atoms with Gasteiger partial charge in [-0.25, -0.2) is 24.4 Å². The van der Waals surface area contributed by atoms with Gasteiger partial charge in [0, 0.05) is 31.1 Å². The number of anilines is 1. The number of methoxy groups -OCH3 is 1. The largest absolute Gasteiger partial charge is 0.530 e. The van der Waals surface area contributed by atoms with Crippen molar-refractivity contribution in [1.82, 2.24) is 14.7 Å². The second kappa shape index (κ2) is 12.6. The van der Waals surface area contributed by atoms with Crippen LogP contribution in [-0.2, 0) is 23.8 Å². The molecule has 1 fully saturated rings. The van der Waals surface area contributed by atoms with Crippen LogP contribution in [0.1, 0.15) is 19.3 Å². The van der Waals surface area contributed by atoms with Gasteiger partial charge in [-0.05, 0) is 31.2 Å². The summed E-state index contributed by atoms with van der Waals surface area (Å²) in [5.41, 5.74) is 0.623. The van der Waals surface area contributed by atoms with Crippen LogP contribution in [0.3, 0.4) is 0 Å². The van der Waals surface area contributed by atoms with Gasteiger partial charge in [0.25, 0.3) is 10.2 Å². The summed E-state index contributed by atoms with van der Waals surface area (Å²) in [7, 11) is -6.23. The summed E-state index contributed by atoms with van der Waals surface area (Å²) >= 11 is 0. The normalized spacial score (nSPS) is 15.1. The highest BCUT2D eigenvalue weighted by atomic mass is 32.2. The molecular weight excluding hydrogens is 509 g/mol. The maximum Gasteiger partial charge on any atom is 0.530 e. The predicted molar refractivity (Wildman–Crippen MR) is 137 cm³/mol. The van der Waals surface area contributed by atoms with Crippen molar-refractivity contribution in [2.24, 2.45) is 11.1 Å². The van der Waals surface area contributed by atoms with E-state index < -0.39 is 18.0 Å². The summed E-state index contributed by atoms with van der Waals surface area (Å²) in [6.45, 7) is 8.79. The van der Waals surface area contributed by atoms with E-state index in [0.29, 0.717) is 41.4 Å². The Hall–Kier alpha value is -2.54. The van der Waals surface area contributed by atoms with Gasteiger partial charge in [0.15, 0.2) is 11.5 Å². The lowest BCUT2D eigenvalue weighted by atomic mass is 9.93. The molecule has 0 atom stereocenters. The Morgan fingerprint density at radius 3 is 2.42 bits per heavy atom. The van der Waals surface area contributed by atoms with E-state index in [2.05, 4.69) is 32.7 Å². The zero-order valence-electron chi connectivity index (χ0n) is 20.2. The number of ether oxygens (including phenoxy) is 1. The highest BCUT2D eigenvalue weighted by Crippen LogP contribution is 2.52. The summed E-state index contributed by atoms with van der Waals surface area (Å²) in [6, 6.07) is 3.33. The van der Waals surface area contributed by atoms with Gasteiger partial charge in [0.1, 0.15) is 12.1 Å². The number of hydrogen-bond acceptors (Lipinski definition) is 10. The van der Waals surface area contributed by atoms with E-state index >= 15 is 0 Å². The molecule has 36 heavy (non-hydrogen) atoms. The second-order valence-electron chi connectivity index (χ2n) is 8.08. The Kier molecular flexibility index (Phi) is 9.83. The molecule has 0 spiro atoms. The Balaban J connectivity index is 1.83. The van der Waals surface area contributed by atoms with E-state index in [1.807, 2.05) is 0 Å². The van der Waals surface area contributed by atoms with E-state index in [1.165, 1.54) is 25.6 Å². The Morgan fingerprint density at radius 1 is 1.17 bits per heavy atom. The van der Waals surface area contributed by atoms with E-state index in [9.17, 15) is 13.0 Å². The van der Waals surface area contributed by atoms with E-state index in [4.69, 9.17) is 23.4 Å². The molecule has 1 aromatic carbocycles.